The van der Waals surface area contributed by atoms with Crippen LogP contribution in [0, 0.1) is 6.92 Å². The molecule has 17 nitrogen and oxygen atoms in total. The van der Waals surface area contributed by atoms with Crippen molar-refractivity contribution in [2.24, 2.45) is 0 Å². The van der Waals surface area contributed by atoms with E-state index in [0.717, 1.165) is 55.1 Å². The Bertz CT molecular complexity index is 2530. The first-order chi connectivity index (χ1) is 28.5. The molecule has 0 aliphatic carbocycles. The van der Waals surface area contributed by atoms with Gasteiger partial charge >= 0.3 is 7.60 Å². The third-order valence-corrected chi connectivity index (χ3v) is 13.4. The highest BCUT2D eigenvalue weighted by Crippen LogP contribution is 2.49. The summed E-state index contributed by atoms with van der Waals surface area (Å²) in [5.41, 5.74) is 6.71. The first-order valence-electron chi connectivity index (χ1n) is 18.9. The molecule has 5 aromatic rings. The number of amides is 3. The summed E-state index contributed by atoms with van der Waals surface area (Å²) >= 11 is 3.54. The molecule has 8 rings (SSSR count). The number of nitrogens with one attached hydrogen (secondary N) is 3. The Kier molecular flexibility index (Phi) is 11.3. The summed E-state index contributed by atoms with van der Waals surface area (Å²) in [5.74, 6) is 0.420. The van der Waals surface area contributed by atoms with Crippen LogP contribution < -0.4 is 30.9 Å². The lowest BCUT2D eigenvalue weighted by atomic mass is 10.0. The van der Waals surface area contributed by atoms with Crippen LogP contribution in [0.5, 0.6) is 5.75 Å². The molecule has 306 valence electrons. The summed E-state index contributed by atoms with van der Waals surface area (Å²) in [4.78, 5) is 61.6. The number of aryl methyl sites for hydroxylation is 1. The minimum absolute atomic E-state index is 0.168. The number of carbonyl (C=O) groups is 3. The fourth-order valence-corrected chi connectivity index (χ4v) is 9.50. The number of piperidine rings is 1. The van der Waals surface area contributed by atoms with Gasteiger partial charge in [0, 0.05) is 95.8 Å². The van der Waals surface area contributed by atoms with Crippen molar-refractivity contribution in [3.05, 3.63) is 87.8 Å². The zero-order valence-corrected chi connectivity index (χ0v) is 35.3. The van der Waals surface area contributed by atoms with E-state index in [1.165, 1.54) is 20.4 Å². The number of fused-ring (bicyclic) bond motifs is 2. The van der Waals surface area contributed by atoms with Gasteiger partial charge in [-0.15, -0.1) is 0 Å². The Balaban J connectivity index is 0.935. The Hall–Kier alpha value is -5.52. The summed E-state index contributed by atoms with van der Waals surface area (Å²) in [6.07, 6.45) is 5.24. The molecule has 0 spiro atoms. The number of rotatable bonds is 12. The van der Waals surface area contributed by atoms with Gasteiger partial charge in [0.25, 0.3) is 5.91 Å². The van der Waals surface area contributed by atoms with Gasteiger partial charge in [0.2, 0.25) is 17.8 Å². The van der Waals surface area contributed by atoms with E-state index in [0.29, 0.717) is 57.0 Å². The maximum atomic E-state index is 13.8. The van der Waals surface area contributed by atoms with Gasteiger partial charge in [0.15, 0.2) is 0 Å². The number of ether oxygens (including phenoxy) is 1. The molecule has 19 heteroatoms. The number of piperazine rings is 1. The van der Waals surface area contributed by atoms with Crippen LogP contribution in [-0.2, 0) is 36.3 Å². The number of carbonyl (C=O) groups excluding carboxylic acids is 3. The van der Waals surface area contributed by atoms with Crippen LogP contribution >= 0.6 is 23.5 Å². The van der Waals surface area contributed by atoms with Crippen LogP contribution in [0.25, 0.3) is 11.0 Å². The maximum Gasteiger partial charge on any atom is 0.365 e. The summed E-state index contributed by atoms with van der Waals surface area (Å²) in [7, 11) is 0.460. The van der Waals surface area contributed by atoms with Crippen molar-refractivity contribution in [1.82, 2.24) is 35.1 Å². The molecule has 1 atom stereocenters. The highest BCUT2D eigenvalue weighted by molar-refractivity contribution is 9.10. The summed E-state index contributed by atoms with van der Waals surface area (Å²) in [5, 5.41) is 9.15. The van der Waals surface area contributed by atoms with Crippen LogP contribution in [0.2, 0.25) is 0 Å². The van der Waals surface area contributed by atoms with Crippen LogP contribution in [0.15, 0.2) is 65.5 Å². The van der Waals surface area contributed by atoms with Crippen LogP contribution in [0.3, 0.4) is 0 Å². The van der Waals surface area contributed by atoms with Gasteiger partial charge in [-0.1, -0.05) is 12.1 Å². The van der Waals surface area contributed by atoms with Gasteiger partial charge in [-0.2, -0.15) is 4.98 Å². The zero-order valence-electron chi connectivity index (χ0n) is 32.8. The molecule has 59 heavy (non-hydrogen) atoms. The summed E-state index contributed by atoms with van der Waals surface area (Å²) < 4.78 is 30.9. The van der Waals surface area contributed by atoms with E-state index in [4.69, 9.17) is 18.8 Å². The lowest BCUT2D eigenvalue weighted by Crippen LogP contribution is -2.52. The predicted octanol–water partition coefficient (Wildman–Crippen LogP) is 5.18. The Morgan fingerprint density at radius 3 is 2.46 bits per heavy atom. The van der Waals surface area contributed by atoms with Crippen molar-refractivity contribution >= 4 is 86.4 Å². The lowest BCUT2D eigenvalue weighted by molar-refractivity contribution is -0.136. The molecule has 2 fully saturated rings. The smallest absolute Gasteiger partial charge is 0.365 e. The molecule has 3 aromatic carbocycles. The molecule has 2 aromatic heterocycles. The molecule has 0 radical (unpaired) electrons. The topological polar surface area (TPSA) is 193 Å². The van der Waals surface area contributed by atoms with Gasteiger partial charge in [-0.25, -0.2) is 4.98 Å². The number of methoxy groups -OCH3 is 1. The minimum Gasteiger partial charge on any atom is -0.494 e. The fourth-order valence-electron chi connectivity index (χ4n) is 7.84. The van der Waals surface area contributed by atoms with Crippen molar-refractivity contribution in [2.75, 3.05) is 63.0 Å². The second-order valence-electron chi connectivity index (χ2n) is 14.4. The number of aromatic nitrogens is 4. The number of imide groups is 1. The molecular formula is C40H42BrN10O7P. The molecular weight excluding hydrogens is 843 g/mol. The van der Waals surface area contributed by atoms with Crippen molar-refractivity contribution in [2.45, 2.75) is 38.9 Å². The highest BCUT2D eigenvalue weighted by atomic mass is 79.9. The normalized spacial score (nSPS) is 17.3. The van der Waals surface area contributed by atoms with E-state index in [2.05, 4.69) is 69.6 Å². The van der Waals surface area contributed by atoms with Gasteiger partial charge in [-0.05, 0) is 70.2 Å². The predicted molar refractivity (Wildman–Crippen MR) is 225 cm³/mol. The molecule has 0 bridgehead atoms. The number of benzene rings is 3. The number of halogens is 1. The first kappa shape index (κ1) is 40.3. The number of nitrogens with zero attached hydrogens (tertiary/aromatic N) is 7. The van der Waals surface area contributed by atoms with Gasteiger partial charge < -0.3 is 34.2 Å². The van der Waals surface area contributed by atoms with E-state index in [-0.39, 0.29) is 29.5 Å². The van der Waals surface area contributed by atoms with E-state index in [9.17, 15) is 18.9 Å². The van der Waals surface area contributed by atoms with Crippen molar-refractivity contribution in [1.29, 1.82) is 0 Å². The molecule has 3 aliphatic rings. The van der Waals surface area contributed by atoms with Gasteiger partial charge in [-0.3, -0.25) is 39.1 Å². The molecule has 3 aliphatic heterocycles. The van der Waals surface area contributed by atoms with Crippen molar-refractivity contribution in [3.63, 3.8) is 0 Å². The number of anilines is 5. The quantitative estimate of drug-likeness (QED) is 0.110. The second-order valence-corrected chi connectivity index (χ2v) is 17.4. The lowest BCUT2D eigenvalue weighted by Gasteiger charge is -2.37. The Morgan fingerprint density at radius 2 is 1.71 bits per heavy atom. The average Bonchev–Trinajstić information content (AvgIpc) is 3.56. The molecule has 5 heterocycles. The molecule has 0 saturated carbocycles. The van der Waals surface area contributed by atoms with Crippen LogP contribution in [-0.4, -0.2) is 101 Å². The number of hydrogen-bond donors (Lipinski definition) is 3. The molecule has 2 saturated heterocycles. The minimum atomic E-state index is -3.79. The third kappa shape index (κ3) is 7.98. The van der Waals surface area contributed by atoms with E-state index < -0.39 is 19.5 Å². The standard InChI is InChI=1S/C40H42BrN10O7P/c1-23-17-30(46-40-44-20-27(41)37(48-40)45-29-8-7-28-35(43-12-11-42-28)36(29)59(55,57-3)58-4)33(56-2)19-32(23)50-15-13-49(14-16-50)21-24-5-6-26-25(18-24)22-51(39(26)54)31-9-10-34(52)47-38(31)53/h5-8,11-12,17-20,31H,9-10,13-16,21-22H2,1-4H3,(H,47,52,53)(H2,44,45,46,48). The molecule has 3 N–H and O–H groups in total. The second kappa shape index (κ2) is 16.6. The van der Waals surface area contributed by atoms with E-state index in [1.54, 1.807) is 36.5 Å². The fraction of sp³-hybridized carbons (Fsp3) is 0.325. The number of hydrogen-bond acceptors (Lipinski definition) is 15. The van der Waals surface area contributed by atoms with E-state index in [1.807, 2.05) is 24.3 Å². The SMILES string of the molecule is COc1cc(N2CCN(Cc3ccc4c(c3)CN(C3CCC(=O)NC3=O)C4=O)CC2)c(C)cc1Nc1ncc(Br)c(Nc2ccc3nccnc3c2P(=O)(OC)OC)n1. The Morgan fingerprint density at radius 1 is 0.932 bits per heavy atom. The summed E-state index contributed by atoms with van der Waals surface area (Å²) in [6, 6.07) is 12.8. The van der Waals surface area contributed by atoms with Crippen molar-refractivity contribution < 1.29 is 32.7 Å². The Labute approximate surface area is 348 Å². The maximum absolute atomic E-state index is 13.8. The van der Waals surface area contributed by atoms with Gasteiger partial charge in [0.1, 0.15) is 28.4 Å². The average molecular weight is 886 g/mol. The van der Waals surface area contributed by atoms with Crippen LogP contribution in [0.4, 0.5) is 28.8 Å². The van der Waals surface area contributed by atoms with Crippen LogP contribution in [0.1, 0.15) is 39.9 Å². The zero-order chi connectivity index (χ0) is 41.4. The molecule has 1 unspecified atom stereocenters. The third-order valence-electron chi connectivity index (χ3n) is 10.8. The summed E-state index contributed by atoms with van der Waals surface area (Å²) in [6.45, 7) is 6.41. The van der Waals surface area contributed by atoms with E-state index >= 15 is 0 Å². The first-order valence-corrected chi connectivity index (χ1v) is 21.3. The largest absolute Gasteiger partial charge is 0.494 e. The van der Waals surface area contributed by atoms with Crippen molar-refractivity contribution in [3.8, 4) is 5.75 Å². The highest BCUT2D eigenvalue weighted by Gasteiger charge is 2.39. The van der Waals surface area contributed by atoms with Gasteiger partial charge in [0.05, 0.1) is 28.5 Å². The molecule has 3 amide bonds. The monoisotopic (exact) mass is 884 g/mol.